The molecule has 6 nitrogen and oxygen atoms in total. The van der Waals surface area contributed by atoms with Crippen molar-refractivity contribution >= 4 is 11.6 Å². The Morgan fingerprint density at radius 1 is 1.09 bits per heavy atom. The van der Waals surface area contributed by atoms with Crippen molar-refractivity contribution in [3.8, 4) is 0 Å². The van der Waals surface area contributed by atoms with Gasteiger partial charge in [0.1, 0.15) is 5.82 Å². The number of hydrogen-bond donors (Lipinski definition) is 2. The van der Waals surface area contributed by atoms with E-state index in [1.165, 1.54) is 29.7 Å². The van der Waals surface area contributed by atoms with Crippen LogP contribution < -0.4 is 15.5 Å². The maximum Gasteiger partial charge on any atom is 0.191 e. The van der Waals surface area contributed by atoms with E-state index in [-0.39, 0.29) is 6.04 Å². The zero-order chi connectivity index (χ0) is 22.9. The average Bonchev–Trinajstić information content (AvgIpc) is 3.53. The molecule has 1 unspecified atom stereocenters. The lowest BCUT2D eigenvalue weighted by molar-refractivity contribution is 0.679. The van der Waals surface area contributed by atoms with Crippen LogP contribution in [0.15, 0.2) is 72.0 Å². The van der Waals surface area contributed by atoms with E-state index < -0.39 is 0 Å². The topological polar surface area (TPSA) is 57.5 Å². The molecule has 1 fully saturated rings. The van der Waals surface area contributed by atoms with Gasteiger partial charge in [-0.3, -0.25) is 4.99 Å². The molecular formula is C27H36N6. The molecule has 3 aromatic rings. The Labute approximate surface area is 197 Å². The molecule has 0 bridgehead atoms. The number of guanidine groups is 1. The number of benzene rings is 2. The van der Waals surface area contributed by atoms with Gasteiger partial charge < -0.3 is 20.1 Å². The highest BCUT2D eigenvalue weighted by atomic mass is 15.2. The number of rotatable bonds is 9. The first-order valence-electron chi connectivity index (χ1n) is 12.2. The van der Waals surface area contributed by atoms with E-state index >= 15 is 0 Å². The lowest BCUT2D eigenvalue weighted by atomic mass is 10.1. The monoisotopic (exact) mass is 444 g/mol. The summed E-state index contributed by atoms with van der Waals surface area (Å²) in [5.74, 6) is 1.91. The minimum absolute atomic E-state index is 0.172. The van der Waals surface area contributed by atoms with Crippen LogP contribution in [0.25, 0.3) is 0 Å². The van der Waals surface area contributed by atoms with Gasteiger partial charge in [-0.05, 0) is 49.9 Å². The van der Waals surface area contributed by atoms with Crippen molar-refractivity contribution in [3.63, 3.8) is 0 Å². The number of anilines is 1. The quantitative estimate of drug-likeness (QED) is 0.380. The molecule has 4 rings (SSSR count). The van der Waals surface area contributed by atoms with E-state index in [4.69, 9.17) is 4.99 Å². The Morgan fingerprint density at radius 2 is 1.91 bits per heavy atom. The summed E-state index contributed by atoms with van der Waals surface area (Å²) in [5, 5.41) is 6.97. The van der Waals surface area contributed by atoms with Crippen molar-refractivity contribution in [2.24, 2.45) is 4.99 Å². The van der Waals surface area contributed by atoms with Gasteiger partial charge in [0.2, 0.25) is 0 Å². The van der Waals surface area contributed by atoms with Crippen LogP contribution in [-0.4, -0.2) is 41.7 Å². The summed E-state index contributed by atoms with van der Waals surface area (Å²) in [4.78, 5) is 11.9. The zero-order valence-electron chi connectivity index (χ0n) is 19.9. The Balaban J connectivity index is 1.36. The van der Waals surface area contributed by atoms with Gasteiger partial charge in [-0.15, -0.1) is 0 Å². The number of aliphatic imine (C=N–C) groups is 1. The molecule has 174 valence electrons. The maximum absolute atomic E-state index is 4.83. The maximum atomic E-state index is 4.83. The predicted octanol–water partition coefficient (Wildman–Crippen LogP) is 4.39. The highest BCUT2D eigenvalue weighted by molar-refractivity contribution is 5.80. The molecule has 0 spiro atoms. The summed E-state index contributed by atoms with van der Waals surface area (Å²) in [6, 6.07) is 19.6. The molecule has 6 heteroatoms. The predicted molar refractivity (Wildman–Crippen MR) is 137 cm³/mol. The molecule has 0 saturated carbocycles. The number of aromatic nitrogens is 2. The fourth-order valence-corrected chi connectivity index (χ4v) is 4.33. The molecule has 33 heavy (non-hydrogen) atoms. The molecule has 1 aliphatic rings. The van der Waals surface area contributed by atoms with Gasteiger partial charge in [0.05, 0.1) is 6.04 Å². The number of nitrogens with zero attached hydrogens (tertiary/aromatic N) is 4. The molecule has 2 aromatic carbocycles. The molecule has 0 amide bonds. The zero-order valence-corrected chi connectivity index (χ0v) is 19.9. The van der Waals surface area contributed by atoms with Gasteiger partial charge in [-0.1, -0.05) is 42.5 Å². The van der Waals surface area contributed by atoms with Gasteiger partial charge in [-0.2, -0.15) is 0 Å². The fraction of sp³-hybridized carbons (Fsp3) is 0.407. The number of nitrogens with one attached hydrogen (secondary N) is 2. The van der Waals surface area contributed by atoms with Gasteiger partial charge >= 0.3 is 0 Å². The second-order valence-corrected chi connectivity index (χ2v) is 8.62. The molecule has 2 heterocycles. The lowest BCUT2D eigenvalue weighted by Gasteiger charge is -2.22. The molecule has 0 radical (unpaired) electrons. The summed E-state index contributed by atoms with van der Waals surface area (Å²) < 4.78 is 2.21. The van der Waals surface area contributed by atoms with Crippen molar-refractivity contribution in [1.29, 1.82) is 0 Å². The minimum Gasteiger partial charge on any atom is -0.372 e. The molecule has 1 aromatic heterocycles. The normalized spacial score (nSPS) is 15.0. The minimum atomic E-state index is 0.172. The van der Waals surface area contributed by atoms with Crippen molar-refractivity contribution in [2.45, 2.75) is 45.7 Å². The Kier molecular flexibility index (Phi) is 8.01. The van der Waals surface area contributed by atoms with Crippen molar-refractivity contribution in [3.05, 3.63) is 83.9 Å². The smallest absolute Gasteiger partial charge is 0.191 e. The van der Waals surface area contributed by atoms with Crippen LogP contribution in [0.1, 0.15) is 49.7 Å². The van der Waals surface area contributed by atoms with Crippen LogP contribution in [0.2, 0.25) is 0 Å². The van der Waals surface area contributed by atoms with Gasteiger partial charge in [-0.25, -0.2) is 4.98 Å². The second kappa shape index (κ2) is 11.5. The van der Waals surface area contributed by atoms with Crippen LogP contribution in [0.4, 0.5) is 5.69 Å². The van der Waals surface area contributed by atoms with Crippen LogP contribution >= 0.6 is 0 Å². The lowest BCUT2D eigenvalue weighted by Crippen LogP contribution is -2.39. The molecular weight excluding hydrogens is 408 g/mol. The van der Waals surface area contributed by atoms with Crippen molar-refractivity contribution < 1.29 is 0 Å². The number of imidazole rings is 1. The van der Waals surface area contributed by atoms with Crippen LogP contribution in [0, 0.1) is 0 Å². The first-order valence-corrected chi connectivity index (χ1v) is 12.2. The van der Waals surface area contributed by atoms with Crippen LogP contribution in [0.5, 0.6) is 0 Å². The highest BCUT2D eigenvalue weighted by Gasteiger charge is 2.14. The van der Waals surface area contributed by atoms with Crippen molar-refractivity contribution in [1.82, 2.24) is 20.2 Å². The first-order chi connectivity index (χ1) is 16.2. The molecule has 1 aliphatic heterocycles. The largest absolute Gasteiger partial charge is 0.372 e. The third-order valence-corrected chi connectivity index (χ3v) is 6.14. The van der Waals surface area contributed by atoms with Gasteiger partial charge in [0.15, 0.2) is 5.96 Å². The van der Waals surface area contributed by atoms with Crippen molar-refractivity contribution in [2.75, 3.05) is 31.1 Å². The Bertz CT molecular complexity index is 1020. The average molecular weight is 445 g/mol. The third kappa shape index (κ3) is 6.37. The number of hydrogen-bond acceptors (Lipinski definition) is 3. The van der Waals surface area contributed by atoms with E-state index in [0.717, 1.165) is 44.4 Å². The van der Waals surface area contributed by atoms with E-state index in [2.05, 4.69) is 87.5 Å². The SMILES string of the molecule is CCNC(=NCCc1nccn1Cc1ccccc1)NC(C)c1cccc(N2CCCC2)c1. The molecule has 1 saturated heterocycles. The van der Waals surface area contributed by atoms with Crippen LogP contribution in [-0.2, 0) is 13.0 Å². The van der Waals surface area contributed by atoms with E-state index in [9.17, 15) is 0 Å². The summed E-state index contributed by atoms with van der Waals surface area (Å²) >= 11 is 0. The summed E-state index contributed by atoms with van der Waals surface area (Å²) in [7, 11) is 0. The third-order valence-electron chi connectivity index (χ3n) is 6.14. The van der Waals surface area contributed by atoms with E-state index in [1.54, 1.807) is 0 Å². The second-order valence-electron chi connectivity index (χ2n) is 8.62. The van der Waals surface area contributed by atoms with E-state index in [0.29, 0.717) is 6.54 Å². The first kappa shape index (κ1) is 22.9. The summed E-state index contributed by atoms with van der Waals surface area (Å²) in [5.41, 5.74) is 3.88. The molecule has 1 atom stereocenters. The van der Waals surface area contributed by atoms with E-state index in [1.807, 2.05) is 18.5 Å². The van der Waals surface area contributed by atoms with Gasteiger partial charge in [0.25, 0.3) is 0 Å². The molecule has 0 aliphatic carbocycles. The molecule has 2 N–H and O–H groups in total. The standard InChI is InChI=1S/C27H36N6/c1-3-28-27(31-22(2)24-12-9-13-25(20-24)32-17-7-8-18-32)30-15-14-26-29-16-19-33(26)21-23-10-5-4-6-11-23/h4-6,9-13,16,19-20,22H,3,7-8,14-15,17-18,21H2,1-2H3,(H2,28,30,31). The highest BCUT2D eigenvalue weighted by Crippen LogP contribution is 2.24. The summed E-state index contributed by atoms with van der Waals surface area (Å²) in [6.45, 7) is 8.97. The Morgan fingerprint density at radius 3 is 2.70 bits per heavy atom. The fourth-order valence-electron chi connectivity index (χ4n) is 4.33. The summed E-state index contributed by atoms with van der Waals surface area (Å²) in [6.07, 6.45) is 7.30. The Hall–Kier alpha value is -3.28. The van der Waals surface area contributed by atoms with Gasteiger partial charge in [0, 0.05) is 57.2 Å². The van der Waals surface area contributed by atoms with Crippen LogP contribution in [0.3, 0.4) is 0 Å².